The number of nitrogens with one attached hydrogen (secondary N) is 1. The highest BCUT2D eigenvalue weighted by Gasteiger charge is 2.36. The topological polar surface area (TPSA) is 137 Å². The minimum atomic E-state index is -3.65. The number of piperidine rings is 1. The third kappa shape index (κ3) is 4.65. The maximum Gasteiger partial charge on any atom is 0.261 e. The number of aromatic nitrogens is 1. The first-order valence-electron chi connectivity index (χ1n) is 10.6. The number of hydrogen-bond donors (Lipinski definition) is 2. The van der Waals surface area contributed by atoms with Gasteiger partial charge in [-0.3, -0.25) is 24.3 Å². The fourth-order valence-electron chi connectivity index (χ4n) is 4.05. The predicted octanol–water partition coefficient (Wildman–Crippen LogP) is 0.256. The zero-order valence-corrected chi connectivity index (χ0v) is 18.6. The van der Waals surface area contributed by atoms with Gasteiger partial charge in [0.2, 0.25) is 15.9 Å². The first-order chi connectivity index (χ1) is 15.8. The smallest absolute Gasteiger partial charge is 0.261 e. The molecule has 4 rings (SSSR count). The summed E-state index contributed by atoms with van der Waals surface area (Å²) in [6, 6.07) is 9.49. The Morgan fingerprint density at radius 3 is 2.30 bits per heavy atom. The van der Waals surface area contributed by atoms with Gasteiger partial charge in [0.05, 0.1) is 23.8 Å². The van der Waals surface area contributed by atoms with E-state index >= 15 is 0 Å². The molecule has 1 aromatic carbocycles. The Bertz CT molecular complexity index is 1130. The van der Waals surface area contributed by atoms with Crippen LogP contribution in [0, 0.1) is 5.92 Å². The highest BCUT2D eigenvalue weighted by Crippen LogP contribution is 2.24. The van der Waals surface area contributed by atoms with E-state index in [1.807, 2.05) is 0 Å². The van der Waals surface area contributed by atoms with Crippen molar-refractivity contribution in [2.75, 3.05) is 26.2 Å². The normalized spacial score (nSPS) is 18.3. The molecule has 11 heteroatoms. The molecule has 1 atom stereocenters. The van der Waals surface area contributed by atoms with Crippen LogP contribution in [0.3, 0.4) is 0 Å². The van der Waals surface area contributed by atoms with Crippen LogP contribution in [0.25, 0.3) is 0 Å². The van der Waals surface area contributed by atoms with Crippen LogP contribution < -0.4 is 5.32 Å². The van der Waals surface area contributed by atoms with Crippen molar-refractivity contribution < 1.29 is 27.9 Å². The molecule has 174 valence electrons. The van der Waals surface area contributed by atoms with Crippen molar-refractivity contribution in [2.45, 2.75) is 23.8 Å². The summed E-state index contributed by atoms with van der Waals surface area (Å²) in [5.74, 6) is -1.63. The Balaban J connectivity index is 1.26. The lowest BCUT2D eigenvalue weighted by molar-refractivity contribution is -0.126. The zero-order valence-electron chi connectivity index (χ0n) is 17.8. The number of aliphatic hydroxyl groups is 1. The molecule has 0 radical (unpaired) electrons. The first-order valence-corrected chi connectivity index (χ1v) is 12.0. The number of benzene rings is 1. The van der Waals surface area contributed by atoms with E-state index in [0.29, 0.717) is 24.0 Å². The lowest BCUT2D eigenvalue weighted by Gasteiger charge is -2.30. The number of nitrogens with zero attached hydrogens (tertiary/aromatic N) is 3. The van der Waals surface area contributed by atoms with Crippen molar-refractivity contribution in [2.24, 2.45) is 5.92 Å². The molecule has 1 fully saturated rings. The second kappa shape index (κ2) is 9.38. The molecule has 2 aliphatic rings. The van der Waals surface area contributed by atoms with E-state index in [1.165, 1.54) is 22.8 Å². The summed E-state index contributed by atoms with van der Waals surface area (Å²) in [5.41, 5.74) is 0.596. The molecule has 0 spiro atoms. The fraction of sp³-hybridized carbons (Fsp3) is 0.364. The first kappa shape index (κ1) is 23.0. The van der Waals surface area contributed by atoms with Crippen LogP contribution in [-0.2, 0) is 14.8 Å². The number of sulfonamides is 1. The highest BCUT2D eigenvalue weighted by atomic mass is 32.2. The van der Waals surface area contributed by atoms with Gasteiger partial charge in [-0.05, 0) is 37.1 Å². The Hall–Kier alpha value is -3.15. The van der Waals surface area contributed by atoms with Gasteiger partial charge in [0.1, 0.15) is 4.90 Å². The monoisotopic (exact) mass is 472 g/mol. The van der Waals surface area contributed by atoms with E-state index < -0.39 is 33.9 Å². The summed E-state index contributed by atoms with van der Waals surface area (Å²) in [6.45, 7) is 0.0503. The quantitative estimate of drug-likeness (QED) is 0.551. The fourth-order valence-corrected chi connectivity index (χ4v) is 5.48. The standard InChI is InChI=1S/C22H24N4O6S/c27-16(14-26-21(29)18-5-1-2-6-19(18)22(26)30)12-24-20(28)15-7-10-25(11-8-15)33(31,32)17-4-3-9-23-13-17/h1-6,9,13,15-16,27H,7-8,10-12,14H2,(H,24,28). The van der Waals surface area contributed by atoms with E-state index in [1.54, 1.807) is 30.3 Å². The number of imide groups is 1. The van der Waals surface area contributed by atoms with Crippen LogP contribution in [0.1, 0.15) is 33.6 Å². The Kier molecular flexibility index (Phi) is 6.54. The molecule has 2 N–H and O–H groups in total. The summed E-state index contributed by atoms with van der Waals surface area (Å²) >= 11 is 0. The third-order valence-corrected chi connectivity index (χ3v) is 7.76. The maximum absolute atomic E-state index is 12.7. The van der Waals surface area contributed by atoms with Gasteiger partial charge >= 0.3 is 0 Å². The van der Waals surface area contributed by atoms with Crippen LogP contribution in [-0.4, -0.2) is 77.7 Å². The molecule has 0 saturated carbocycles. The maximum atomic E-state index is 12.7. The average Bonchev–Trinajstić information content (AvgIpc) is 3.08. The van der Waals surface area contributed by atoms with E-state index in [4.69, 9.17) is 0 Å². The van der Waals surface area contributed by atoms with Crippen molar-refractivity contribution in [3.05, 3.63) is 59.9 Å². The van der Waals surface area contributed by atoms with E-state index in [9.17, 15) is 27.9 Å². The van der Waals surface area contributed by atoms with Crippen LogP contribution in [0.2, 0.25) is 0 Å². The number of carbonyl (C=O) groups excluding carboxylic acids is 3. The van der Waals surface area contributed by atoms with E-state index in [2.05, 4.69) is 10.3 Å². The number of pyridine rings is 1. The summed E-state index contributed by atoms with van der Waals surface area (Å²) in [5, 5.41) is 12.9. The largest absolute Gasteiger partial charge is 0.389 e. The number of rotatable bonds is 7. The average molecular weight is 473 g/mol. The second-order valence-electron chi connectivity index (χ2n) is 8.03. The summed E-state index contributed by atoms with van der Waals surface area (Å²) in [4.78, 5) is 42.2. The van der Waals surface area contributed by atoms with Crippen molar-refractivity contribution in [1.82, 2.24) is 19.5 Å². The molecular formula is C22H24N4O6S. The zero-order chi connectivity index (χ0) is 23.6. The van der Waals surface area contributed by atoms with Crippen molar-refractivity contribution >= 4 is 27.7 Å². The molecule has 3 heterocycles. The molecule has 1 saturated heterocycles. The van der Waals surface area contributed by atoms with Crippen LogP contribution in [0.15, 0.2) is 53.7 Å². The van der Waals surface area contributed by atoms with Gasteiger partial charge < -0.3 is 10.4 Å². The Morgan fingerprint density at radius 1 is 1.09 bits per heavy atom. The molecule has 3 amide bonds. The number of hydrogen-bond acceptors (Lipinski definition) is 7. The van der Waals surface area contributed by atoms with Gasteiger partial charge in [0, 0.05) is 37.9 Å². The number of carbonyl (C=O) groups is 3. The molecule has 2 aliphatic heterocycles. The van der Waals surface area contributed by atoms with Gasteiger partial charge in [0.25, 0.3) is 11.8 Å². The van der Waals surface area contributed by atoms with E-state index in [0.717, 1.165) is 4.90 Å². The molecule has 0 aliphatic carbocycles. The van der Waals surface area contributed by atoms with Crippen LogP contribution >= 0.6 is 0 Å². The van der Waals surface area contributed by atoms with Gasteiger partial charge in [-0.1, -0.05) is 12.1 Å². The molecule has 33 heavy (non-hydrogen) atoms. The molecule has 1 unspecified atom stereocenters. The van der Waals surface area contributed by atoms with Gasteiger partial charge in [-0.2, -0.15) is 4.31 Å². The third-order valence-electron chi connectivity index (χ3n) is 5.88. The number of aliphatic hydroxyl groups excluding tert-OH is 1. The Morgan fingerprint density at radius 2 is 1.73 bits per heavy atom. The molecular weight excluding hydrogens is 448 g/mol. The minimum Gasteiger partial charge on any atom is -0.389 e. The molecule has 10 nitrogen and oxygen atoms in total. The van der Waals surface area contributed by atoms with Crippen LogP contribution in [0.4, 0.5) is 0 Å². The van der Waals surface area contributed by atoms with E-state index in [-0.39, 0.29) is 37.0 Å². The summed E-state index contributed by atoms with van der Waals surface area (Å²) < 4.78 is 26.7. The van der Waals surface area contributed by atoms with Gasteiger partial charge in [-0.25, -0.2) is 8.42 Å². The number of amides is 3. The predicted molar refractivity (Wildman–Crippen MR) is 117 cm³/mol. The number of fused-ring (bicyclic) bond motifs is 1. The highest BCUT2D eigenvalue weighted by molar-refractivity contribution is 7.89. The van der Waals surface area contributed by atoms with Crippen molar-refractivity contribution in [3.8, 4) is 0 Å². The summed E-state index contributed by atoms with van der Waals surface area (Å²) in [7, 11) is -3.65. The molecule has 0 bridgehead atoms. The van der Waals surface area contributed by atoms with Crippen molar-refractivity contribution in [1.29, 1.82) is 0 Å². The second-order valence-corrected chi connectivity index (χ2v) is 9.97. The van der Waals surface area contributed by atoms with Gasteiger partial charge in [0.15, 0.2) is 0 Å². The molecule has 1 aromatic heterocycles. The van der Waals surface area contributed by atoms with Crippen LogP contribution in [0.5, 0.6) is 0 Å². The van der Waals surface area contributed by atoms with Gasteiger partial charge in [-0.15, -0.1) is 0 Å². The minimum absolute atomic E-state index is 0.115. The SMILES string of the molecule is O=C(NCC(O)CN1C(=O)c2ccccc2C1=O)C1CCN(S(=O)(=O)c2cccnc2)CC1. The summed E-state index contributed by atoms with van der Waals surface area (Å²) in [6.07, 6.45) is 2.37. The number of β-amino-alcohol motifs (C(OH)–C–C–N with tert-alkyl or cyclic N) is 1. The lowest BCUT2D eigenvalue weighted by atomic mass is 9.97. The lowest BCUT2D eigenvalue weighted by Crippen LogP contribution is -2.46. The Labute approximate surface area is 191 Å². The molecule has 2 aromatic rings. The van der Waals surface area contributed by atoms with Crippen molar-refractivity contribution in [3.63, 3.8) is 0 Å².